The van der Waals surface area contributed by atoms with Gasteiger partial charge in [-0.1, -0.05) is 6.42 Å². The molecule has 9 nitrogen and oxygen atoms in total. The summed E-state index contributed by atoms with van der Waals surface area (Å²) in [4.78, 5) is 49.0. The van der Waals surface area contributed by atoms with Crippen LogP contribution in [-0.2, 0) is 19.2 Å². The second-order valence-electron chi connectivity index (χ2n) is 7.90. The van der Waals surface area contributed by atoms with Crippen LogP contribution in [0.3, 0.4) is 0 Å². The number of carboxylic acid groups (broad SMARTS) is 3. The van der Waals surface area contributed by atoms with Crippen molar-refractivity contribution in [3.05, 3.63) is 0 Å². The Morgan fingerprint density at radius 1 is 0.897 bits per heavy atom. The zero-order valence-corrected chi connectivity index (χ0v) is 17.2. The molecule has 0 radical (unpaired) electrons. The number of nitrogens with zero attached hydrogens (tertiary/aromatic N) is 2. The van der Waals surface area contributed by atoms with Crippen molar-refractivity contribution in [2.24, 2.45) is 5.92 Å². The molecule has 0 spiro atoms. The molecule has 166 valence electrons. The molecule has 1 fully saturated rings. The van der Waals surface area contributed by atoms with E-state index in [2.05, 4.69) is 0 Å². The van der Waals surface area contributed by atoms with Gasteiger partial charge >= 0.3 is 17.9 Å². The lowest BCUT2D eigenvalue weighted by atomic mass is 9.93. The first-order chi connectivity index (χ1) is 13.7. The lowest BCUT2D eigenvalue weighted by molar-refractivity contribution is -0.144. The van der Waals surface area contributed by atoms with Crippen LogP contribution < -0.4 is 0 Å². The van der Waals surface area contributed by atoms with E-state index in [-0.39, 0.29) is 37.5 Å². The Labute approximate surface area is 171 Å². The third-order valence-electron chi connectivity index (χ3n) is 5.42. The molecule has 0 aromatic heterocycles. The molecule has 2 atom stereocenters. The summed E-state index contributed by atoms with van der Waals surface area (Å²) in [5, 5.41) is 27.9. The van der Waals surface area contributed by atoms with Crippen molar-refractivity contribution < 1.29 is 34.5 Å². The molecular weight excluding hydrogens is 380 g/mol. The van der Waals surface area contributed by atoms with Gasteiger partial charge in [-0.05, 0) is 58.0 Å². The van der Waals surface area contributed by atoms with Crippen molar-refractivity contribution in [3.8, 4) is 0 Å². The van der Waals surface area contributed by atoms with Crippen LogP contribution >= 0.6 is 0 Å². The smallest absolute Gasteiger partial charge is 0.320 e. The number of Topliss-reactive ketones (excluding diaryl/α,β-unsaturated/α-hetero) is 1. The van der Waals surface area contributed by atoms with Crippen molar-refractivity contribution in [1.29, 1.82) is 0 Å². The average molecular weight is 414 g/mol. The van der Waals surface area contributed by atoms with Crippen LogP contribution in [0.25, 0.3) is 0 Å². The van der Waals surface area contributed by atoms with Crippen LogP contribution in [0, 0.1) is 5.92 Å². The summed E-state index contributed by atoms with van der Waals surface area (Å²) >= 11 is 0. The minimum Gasteiger partial charge on any atom is -0.481 e. The average Bonchev–Trinajstić information content (AvgIpc) is 2.59. The predicted octanol–water partition coefficient (Wildman–Crippen LogP) is 1.55. The minimum atomic E-state index is -0.980. The maximum Gasteiger partial charge on any atom is 0.320 e. The van der Waals surface area contributed by atoms with Gasteiger partial charge < -0.3 is 20.1 Å². The Morgan fingerprint density at radius 2 is 1.59 bits per heavy atom. The molecule has 3 N–H and O–H groups in total. The maximum atomic E-state index is 11.8. The number of carboxylic acids is 3. The summed E-state index contributed by atoms with van der Waals surface area (Å²) in [7, 11) is 0. The van der Waals surface area contributed by atoms with Gasteiger partial charge in [0.05, 0.1) is 6.54 Å². The highest BCUT2D eigenvalue weighted by Crippen LogP contribution is 2.21. The number of ketones is 1. The molecule has 1 rings (SSSR count). The summed E-state index contributed by atoms with van der Waals surface area (Å²) in [6, 6.07) is -0.789. The van der Waals surface area contributed by atoms with E-state index in [9.17, 15) is 24.3 Å². The molecule has 1 aliphatic heterocycles. The molecule has 0 bridgehead atoms. The molecule has 29 heavy (non-hydrogen) atoms. The van der Waals surface area contributed by atoms with E-state index < -0.39 is 23.9 Å². The Balaban J connectivity index is 2.89. The molecule has 9 heteroatoms. The van der Waals surface area contributed by atoms with Gasteiger partial charge in [0.25, 0.3) is 0 Å². The summed E-state index contributed by atoms with van der Waals surface area (Å²) in [6.07, 6.45) is 4.26. The lowest BCUT2D eigenvalue weighted by Gasteiger charge is -2.32. The quantitative estimate of drug-likeness (QED) is 0.513. The zero-order chi connectivity index (χ0) is 21.8. The Bertz CT molecular complexity index is 567. The lowest BCUT2D eigenvalue weighted by Crippen LogP contribution is -2.46. The van der Waals surface area contributed by atoms with E-state index in [0.717, 1.165) is 25.7 Å². The fourth-order valence-corrected chi connectivity index (χ4v) is 3.90. The van der Waals surface area contributed by atoms with Crippen molar-refractivity contribution in [2.75, 3.05) is 32.7 Å². The van der Waals surface area contributed by atoms with E-state index in [1.807, 2.05) is 4.90 Å². The fraction of sp³-hybridized carbons (Fsp3) is 0.800. The summed E-state index contributed by atoms with van der Waals surface area (Å²) < 4.78 is 0. The third-order valence-corrected chi connectivity index (χ3v) is 5.42. The molecule has 0 aliphatic carbocycles. The third kappa shape index (κ3) is 10.9. The molecular formula is C20H34N2O7. The molecule has 0 aromatic rings. The summed E-state index contributed by atoms with van der Waals surface area (Å²) in [5.74, 6) is -2.78. The van der Waals surface area contributed by atoms with Crippen molar-refractivity contribution in [3.63, 3.8) is 0 Å². The van der Waals surface area contributed by atoms with Crippen molar-refractivity contribution in [1.82, 2.24) is 9.80 Å². The molecule has 1 heterocycles. The van der Waals surface area contributed by atoms with Crippen LogP contribution in [0.2, 0.25) is 0 Å². The number of carbonyl (C=O) groups is 4. The van der Waals surface area contributed by atoms with Gasteiger partial charge in [-0.2, -0.15) is 0 Å². The van der Waals surface area contributed by atoms with E-state index in [1.54, 1.807) is 4.90 Å². The molecule has 0 amide bonds. The second kappa shape index (κ2) is 13.3. The number of carbonyl (C=O) groups excluding carboxylic acids is 1. The van der Waals surface area contributed by atoms with Gasteiger partial charge in [0.2, 0.25) is 0 Å². The number of hydrogen-bond acceptors (Lipinski definition) is 6. The maximum absolute atomic E-state index is 11.8. The highest BCUT2D eigenvalue weighted by molar-refractivity contribution is 5.78. The number of aliphatic carboxylic acids is 3. The Hall–Kier alpha value is -2.00. The number of hydrogen-bond donors (Lipinski definition) is 3. The largest absolute Gasteiger partial charge is 0.481 e. The zero-order valence-electron chi connectivity index (χ0n) is 17.2. The Morgan fingerprint density at radius 3 is 2.17 bits per heavy atom. The highest BCUT2D eigenvalue weighted by Gasteiger charge is 2.27. The summed E-state index contributed by atoms with van der Waals surface area (Å²) in [5.41, 5.74) is 0. The van der Waals surface area contributed by atoms with Gasteiger partial charge in [0, 0.05) is 25.9 Å². The van der Waals surface area contributed by atoms with Crippen LogP contribution in [0.15, 0.2) is 0 Å². The van der Waals surface area contributed by atoms with Crippen LogP contribution in [0.1, 0.15) is 58.3 Å². The van der Waals surface area contributed by atoms with Gasteiger partial charge in [-0.3, -0.25) is 24.2 Å². The topological polar surface area (TPSA) is 135 Å². The normalized spacial score (nSPS) is 21.5. The van der Waals surface area contributed by atoms with Gasteiger partial charge in [0.15, 0.2) is 0 Å². The molecule has 1 saturated heterocycles. The highest BCUT2D eigenvalue weighted by atomic mass is 16.4. The molecule has 0 aromatic carbocycles. The second-order valence-corrected chi connectivity index (χ2v) is 7.90. The molecule has 1 aliphatic rings. The number of rotatable bonds is 9. The van der Waals surface area contributed by atoms with E-state index >= 15 is 0 Å². The predicted molar refractivity (Wildman–Crippen MR) is 106 cm³/mol. The van der Waals surface area contributed by atoms with Crippen LogP contribution in [0.4, 0.5) is 0 Å². The fourth-order valence-electron chi connectivity index (χ4n) is 3.90. The van der Waals surface area contributed by atoms with E-state index in [1.165, 1.54) is 6.92 Å². The molecule has 0 saturated carbocycles. The first-order valence-electron chi connectivity index (χ1n) is 10.3. The first-order valence-corrected chi connectivity index (χ1v) is 10.3. The van der Waals surface area contributed by atoms with Crippen LogP contribution in [-0.4, -0.2) is 87.6 Å². The summed E-state index contributed by atoms with van der Waals surface area (Å²) in [6.45, 7) is 3.19. The molecule has 2 unspecified atom stereocenters. The van der Waals surface area contributed by atoms with Crippen molar-refractivity contribution >= 4 is 23.7 Å². The van der Waals surface area contributed by atoms with Gasteiger partial charge in [-0.25, -0.2) is 0 Å². The first kappa shape index (κ1) is 25.0. The monoisotopic (exact) mass is 414 g/mol. The van der Waals surface area contributed by atoms with Crippen molar-refractivity contribution in [2.45, 2.75) is 64.3 Å². The van der Waals surface area contributed by atoms with Crippen LogP contribution in [0.5, 0.6) is 0 Å². The van der Waals surface area contributed by atoms with Gasteiger partial charge in [-0.15, -0.1) is 0 Å². The SMILES string of the molecule is CC(=O)CCC(C(=O)O)N1CCCCC(CC(=O)O)CCCN(CC(=O)O)CC1. The van der Waals surface area contributed by atoms with Gasteiger partial charge in [0.1, 0.15) is 11.8 Å². The minimum absolute atomic E-state index is 0.0417. The van der Waals surface area contributed by atoms with E-state index in [4.69, 9.17) is 10.2 Å². The van der Waals surface area contributed by atoms with E-state index in [0.29, 0.717) is 32.6 Å². The standard InChI is InChI=1S/C20H34N2O7/c1-15(23)7-8-17(20(28)29)22-10-3-2-5-16(13-18(24)25)6-4-9-21(11-12-22)14-19(26)27/h16-17H,2-14H2,1H3,(H,24,25)(H,26,27)(H,28,29). The Kier molecular flexibility index (Phi) is 11.5.